The maximum Gasteiger partial charge on any atom is 0.289 e. The smallest absolute Gasteiger partial charge is 0.289 e. The molecule has 0 saturated carbocycles. The number of nitrogens with zero attached hydrogens (tertiary/aromatic N) is 1. The summed E-state index contributed by atoms with van der Waals surface area (Å²) in [5.41, 5.74) is 2.53. The number of rotatable bonds is 3. The molecule has 0 bridgehead atoms. The van der Waals surface area contributed by atoms with Crippen molar-refractivity contribution in [1.29, 1.82) is 0 Å². The number of furan rings is 1. The summed E-state index contributed by atoms with van der Waals surface area (Å²) in [6.07, 6.45) is 0. The van der Waals surface area contributed by atoms with Gasteiger partial charge in [-0.3, -0.25) is 4.79 Å². The highest BCUT2D eigenvalue weighted by Crippen LogP contribution is 2.32. The van der Waals surface area contributed by atoms with Gasteiger partial charge in [-0.1, -0.05) is 22.0 Å². The number of ether oxygens (including phenoxy) is 2. The van der Waals surface area contributed by atoms with Gasteiger partial charge in [0.05, 0.1) is 0 Å². The Morgan fingerprint density at radius 3 is 2.69 bits per heavy atom. The number of aryl methyl sites for hydroxylation is 1. The molecule has 2 aromatic carbocycles. The molecule has 2 heterocycles. The zero-order valence-electron chi connectivity index (χ0n) is 14.5. The Labute approximate surface area is 159 Å². The van der Waals surface area contributed by atoms with Crippen LogP contribution in [-0.2, 0) is 6.54 Å². The van der Waals surface area contributed by atoms with Gasteiger partial charge in [0, 0.05) is 29.0 Å². The number of carbonyl (C=O) groups excluding carboxylic acids is 1. The van der Waals surface area contributed by atoms with Gasteiger partial charge in [0.2, 0.25) is 0 Å². The maximum atomic E-state index is 12.9. The van der Waals surface area contributed by atoms with Gasteiger partial charge in [-0.2, -0.15) is 0 Å². The molecule has 0 radical (unpaired) electrons. The van der Waals surface area contributed by atoms with Gasteiger partial charge in [-0.25, -0.2) is 0 Å². The summed E-state index contributed by atoms with van der Waals surface area (Å²) in [5.74, 6) is 1.69. The number of hydrogen-bond acceptors (Lipinski definition) is 4. The summed E-state index contributed by atoms with van der Waals surface area (Å²) in [6.45, 7) is 3.46. The second-order valence-electron chi connectivity index (χ2n) is 6.34. The zero-order valence-corrected chi connectivity index (χ0v) is 16.1. The second-order valence-corrected chi connectivity index (χ2v) is 7.25. The van der Waals surface area contributed by atoms with Gasteiger partial charge in [0.15, 0.2) is 17.3 Å². The molecule has 0 N–H and O–H groups in total. The van der Waals surface area contributed by atoms with E-state index in [4.69, 9.17) is 13.9 Å². The fourth-order valence-electron chi connectivity index (χ4n) is 3.10. The van der Waals surface area contributed by atoms with Crippen molar-refractivity contribution in [2.45, 2.75) is 13.5 Å². The zero-order chi connectivity index (χ0) is 18.3. The van der Waals surface area contributed by atoms with Gasteiger partial charge in [-0.05, 0) is 42.8 Å². The molecule has 0 atom stereocenters. The van der Waals surface area contributed by atoms with Crippen LogP contribution >= 0.6 is 15.9 Å². The van der Waals surface area contributed by atoms with Crippen LogP contribution in [0.3, 0.4) is 0 Å². The van der Waals surface area contributed by atoms with E-state index in [1.807, 2.05) is 43.3 Å². The first-order chi connectivity index (χ1) is 12.5. The number of benzene rings is 2. The number of hydrogen-bond donors (Lipinski definition) is 0. The molecule has 1 amide bonds. The third-order valence-corrected chi connectivity index (χ3v) is 4.96. The lowest BCUT2D eigenvalue weighted by molar-refractivity contribution is 0.0754. The molecule has 0 saturated heterocycles. The van der Waals surface area contributed by atoms with Crippen LogP contribution < -0.4 is 9.47 Å². The third-order valence-electron chi connectivity index (χ3n) is 4.47. The van der Waals surface area contributed by atoms with E-state index < -0.39 is 0 Å². The van der Waals surface area contributed by atoms with Gasteiger partial charge in [0.1, 0.15) is 18.8 Å². The number of fused-ring (bicyclic) bond motifs is 2. The molecular formula is C20H18BrNO4. The molecule has 1 aromatic heterocycles. The van der Waals surface area contributed by atoms with Crippen LogP contribution in [0.5, 0.6) is 11.5 Å². The van der Waals surface area contributed by atoms with Crippen LogP contribution in [0.4, 0.5) is 0 Å². The summed E-state index contributed by atoms with van der Waals surface area (Å²) in [7, 11) is 1.77. The highest BCUT2D eigenvalue weighted by molar-refractivity contribution is 9.10. The molecule has 0 spiro atoms. The van der Waals surface area contributed by atoms with E-state index >= 15 is 0 Å². The van der Waals surface area contributed by atoms with Crippen molar-refractivity contribution in [3.8, 4) is 11.5 Å². The summed E-state index contributed by atoms with van der Waals surface area (Å²) in [6, 6.07) is 11.5. The van der Waals surface area contributed by atoms with Crippen molar-refractivity contribution >= 4 is 32.8 Å². The maximum absolute atomic E-state index is 12.9. The Kier molecular flexibility index (Phi) is 4.36. The predicted octanol–water partition coefficient (Wildman–Crippen LogP) is 4.55. The number of halogens is 1. The quantitative estimate of drug-likeness (QED) is 0.629. The minimum Gasteiger partial charge on any atom is -0.486 e. The molecular weight excluding hydrogens is 398 g/mol. The van der Waals surface area contributed by atoms with Gasteiger partial charge >= 0.3 is 0 Å². The molecule has 0 unspecified atom stereocenters. The van der Waals surface area contributed by atoms with Gasteiger partial charge in [-0.15, -0.1) is 0 Å². The molecule has 6 heteroatoms. The molecule has 4 rings (SSSR count). The number of amides is 1. The van der Waals surface area contributed by atoms with E-state index in [0.29, 0.717) is 31.1 Å². The molecule has 134 valence electrons. The van der Waals surface area contributed by atoms with E-state index in [2.05, 4.69) is 15.9 Å². The lowest BCUT2D eigenvalue weighted by Gasteiger charge is -2.21. The molecule has 26 heavy (non-hydrogen) atoms. The lowest BCUT2D eigenvalue weighted by atomic mass is 10.1. The van der Waals surface area contributed by atoms with E-state index in [-0.39, 0.29) is 5.91 Å². The molecule has 0 aliphatic carbocycles. The minimum atomic E-state index is -0.148. The van der Waals surface area contributed by atoms with Crippen molar-refractivity contribution in [2.75, 3.05) is 20.3 Å². The van der Waals surface area contributed by atoms with E-state index in [1.165, 1.54) is 0 Å². The molecule has 1 aliphatic heterocycles. The highest BCUT2D eigenvalue weighted by atomic mass is 79.9. The van der Waals surface area contributed by atoms with Crippen molar-refractivity contribution in [3.63, 3.8) is 0 Å². The van der Waals surface area contributed by atoms with Crippen molar-refractivity contribution in [2.24, 2.45) is 0 Å². The third kappa shape index (κ3) is 3.05. The first kappa shape index (κ1) is 17.0. The largest absolute Gasteiger partial charge is 0.486 e. The number of carbonyl (C=O) groups is 1. The summed E-state index contributed by atoms with van der Waals surface area (Å²) < 4.78 is 17.9. The topological polar surface area (TPSA) is 51.9 Å². The van der Waals surface area contributed by atoms with Crippen LogP contribution in [-0.4, -0.2) is 31.1 Å². The normalized spacial score (nSPS) is 13.0. The van der Waals surface area contributed by atoms with E-state index in [9.17, 15) is 4.79 Å². The Bertz CT molecular complexity index is 995. The van der Waals surface area contributed by atoms with Crippen LogP contribution in [0.25, 0.3) is 11.0 Å². The van der Waals surface area contributed by atoms with Crippen molar-refractivity contribution in [3.05, 3.63) is 57.8 Å². The fraction of sp³-hybridized carbons (Fsp3) is 0.250. The van der Waals surface area contributed by atoms with E-state index in [1.54, 1.807) is 11.9 Å². The van der Waals surface area contributed by atoms with Crippen molar-refractivity contribution < 1.29 is 18.7 Å². The van der Waals surface area contributed by atoms with Crippen LogP contribution in [0.15, 0.2) is 45.3 Å². The minimum absolute atomic E-state index is 0.148. The SMILES string of the molecule is Cc1c(C(=O)N(C)Cc2ccc3c(c2)OCCO3)oc2ccc(Br)cc12. The fourth-order valence-corrected chi connectivity index (χ4v) is 3.46. The molecule has 0 fully saturated rings. The van der Waals surface area contributed by atoms with Crippen LogP contribution in [0, 0.1) is 6.92 Å². The first-order valence-electron chi connectivity index (χ1n) is 8.35. The second kappa shape index (κ2) is 6.68. The summed E-state index contributed by atoms with van der Waals surface area (Å²) >= 11 is 3.46. The standard InChI is InChI=1S/C20H18BrNO4/c1-12-15-10-14(21)4-6-16(15)26-19(12)20(23)22(2)11-13-3-5-17-18(9-13)25-8-7-24-17/h3-6,9-10H,7-8,11H2,1-2H3. The van der Waals surface area contributed by atoms with Gasteiger partial charge < -0.3 is 18.8 Å². The molecule has 5 nitrogen and oxygen atoms in total. The van der Waals surface area contributed by atoms with E-state index in [0.717, 1.165) is 32.5 Å². The van der Waals surface area contributed by atoms with Crippen LogP contribution in [0.1, 0.15) is 21.7 Å². The lowest BCUT2D eigenvalue weighted by Crippen LogP contribution is -2.26. The van der Waals surface area contributed by atoms with Gasteiger partial charge in [0.25, 0.3) is 5.91 Å². The summed E-state index contributed by atoms with van der Waals surface area (Å²) in [5, 5.41) is 0.940. The van der Waals surface area contributed by atoms with Crippen LogP contribution in [0.2, 0.25) is 0 Å². The predicted molar refractivity (Wildman–Crippen MR) is 102 cm³/mol. The average molecular weight is 416 g/mol. The highest BCUT2D eigenvalue weighted by Gasteiger charge is 2.22. The monoisotopic (exact) mass is 415 g/mol. The van der Waals surface area contributed by atoms with Crippen molar-refractivity contribution in [1.82, 2.24) is 4.90 Å². The first-order valence-corrected chi connectivity index (χ1v) is 9.15. The molecule has 3 aromatic rings. The Morgan fingerprint density at radius 2 is 1.88 bits per heavy atom. The average Bonchev–Trinajstić information content (AvgIpc) is 2.97. The summed E-state index contributed by atoms with van der Waals surface area (Å²) in [4.78, 5) is 14.5. The Morgan fingerprint density at radius 1 is 1.12 bits per heavy atom. The Hall–Kier alpha value is -2.47. The molecule has 1 aliphatic rings. The Balaban J connectivity index is 1.57.